The van der Waals surface area contributed by atoms with E-state index in [2.05, 4.69) is 15.3 Å². The number of carbonyl (C=O) groups is 1. The number of carboxylic acids is 1. The molecule has 0 unspecified atom stereocenters. The maximum atomic E-state index is 10.4. The number of aliphatic carboxylic acids is 1. The predicted octanol–water partition coefficient (Wildman–Crippen LogP) is 0.0529. The van der Waals surface area contributed by atoms with Gasteiger partial charge in [0.15, 0.2) is 0 Å². The van der Waals surface area contributed by atoms with Gasteiger partial charge in [0.2, 0.25) is 5.95 Å². The Bertz CT molecular complexity index is 371. The number of rotatable bonds is 7. The maximum Gasteiger partial charge on any atom is 0.320 e. The summed E-state index contributed by atoms with van der Waals surface area (Å²) in [6.07, 6.45) is 3.59. The summed E-state index contributed by atoms with van der Waals surface area (Å²) in [7, 11) is 0. The molecule has 0 amide bonds. The van der Waals surface area contributed by atoms with Crippen LogP contribution in [-0.4, -0.2) is 33.6 Å². The Hall–Kier alpha value is -1.89. The van der Waals surface area contributed by atoms with Gasteiger partial charge in [-0.15, -0.1) is 0 Å². The molecule has 0 fully saturated rings. The molecule has 0 saturated heterocycles. The number of anilines is 2. The number of unbranched alkanes of at least 4 members (excludes halogenated alkanes) is 1. The molecule has 7 nitrogen and oxygen atoms in total. The Morgan fingerprint density at radius 1 is 1.53 bits per heavy atom. The molecule has 0 bridgehead atoms. The first-order valence-electron chi connectivity index (χ1n) is 5.40. The molecule has 1 rings (SSSR count). The Labute approximate surface area is 99.2 Å². The van der Waals surface area contributed by atoms with Crippen molar-refractivity contribution in [1.29, 1.82) is 0 Å². The van der Waals surface area contributed by atoms with E-state index in [1.54, 1.807) is 12.3 Å². The summed E-state index contributed by atoms with van der Waals surface area (Å²) in [4.78, 5) is 18.4. The van der Waals surface area contributed by atoms with Gasteiger partial charge >= 0.3 is 5.97 Å². The van der Waals surface area contributed by atoms with Gasteiger partial charge in [0, 0.05) is 12.7 Å². The number of carboxylic acid groups (broad SMARTS) is 1. The van der Waals surface area contributed by atoms with Gasteiger partial charge in [-0.2, -0.15) is 4.98 Å². The summed E-state index contributed by atoms with van der Waals surface area (Å²) in [5.74, 6) is -0.0694. The highest BCUT2D eigenvalue weighted by Gasteiger charge is 2.09. The second-order valence-electron chi connectivity index (χ2n) is 3.67. The van der Waals surface area contributed by atoms with Crippen molar-refractivity contribution in [2.75, 3.05) is 17.6 Å². The lowest BCUT2D eigenvalue weighted by Crippen LogP contribution is -2.29. The van der Waals surface area contributed by atoms with Gasteiger partial charge < -0.3 is 21.9 Å². The molecule has 1 heterocycles. The Morgan fingerprint density at radius 3 is 2.94 bits per heavy atom. The monoisotopic (exact) mass is 239 g/mol. The third kappa shape index (κ3) is 5.12. The number of hydrogen-bond acceptors (Lipinski definition) is 6. The molecule has 0 aliphatic rings. The van der Waals surface area contributed by atoms with Crippen molar-refractivity contribution in [3.05, 3.63) is 12.3 Å². The van der Waals surface area contributed by atoms with Gasteiger partial charge in [-0.25, -0.2) is 4.98 Å². The number of nitrogens with two attached hydrogens (primary N) is 2. The maximum absolute atomic E-state index is 10.4. The summed E-state index contributed by atoms with van der Waals surface area (Å²) >= 11 is 0. The van der Waals surface area contributed by atoms with Gasteiger partial charge in [-0.1, -0.05) is 0 Å². The molecule has 0 saturated carbocycles. The van der Waals surface area contributed by atoms with Gasteiger partial charge in [0.25, 0.3) is 0 Å². The second kappa shape index (κ2) is 6.64. The Morgan fingerprint density at radius 2 is 2.29 bits per heavy atom. The summed E-state index contributed by atoms with van der Waals surface area (Å²) in [6, 6.07) is 0.829. The van der Waals surface area contributed by atoms with E-state index in [0.717, 1.165) is 12.8 Å². The van der Waals surface area contributed by atoms with Gasteiger partial charge in [-0.3, -0.25) is 4.79 Å². The van der Waals surface area contributed by atoms with Crippen molar-refractivity contribution >= 4 is 17.7 Å². The van der Waals surface area contributed by atoms with Crippen molar-refractivity contribution in [2.45, 2.75) is 25.3 Å². The fourth-order valence-corrected chi connectivity index (χ4v) is 1.27. The molecule has 0 aliphatic carbocycles. The van der Waals surface area contributed by atoms with E-state index < -0.39 is 12.0 Å². The highest BCUT2D eigenvalue weighted by atomic mass is 16.4. The fourth-order valence-electron chi connectivity index (χ4n) is 1.27. The smallest absolute Gasteiger partial charge is 0.320 e. The first-order chi connectivity index (χ1) is 8.09. The minimum Gasteiger partial charge on any atom is -0.480 e. The number of aromatic nitrogens is 2. The molecule has 0 aliphatic heterocycles. The minimum absolute atomic E-state index is 0.412. The van der Waals surface area contributed by atoms with Crippen molar-refractivity contribution in [2.24, 2.45) is 5.73 Å². The van der Waals surface area contributed by atoms with E-state index in [9.17, 15) is 4.79 Å². The lowest BCUT2D eigenvalue weighted by molar-refractivity contribution is -0.138. The van der Waals surface area contributed by atoms with Gasteiger partial charge in [0.1, 0.15) is 11.9 Å². The SMILES string of the molecule is Nc1ccnc(NCCCC[C@H](N)C(=O)O)n1. The zero-order valence-electron chi connectivity index (χ0n) is 9.47. The third-order valence-electron chi connectivity index (χ3n) is 2.22. The topological polar surface area (TPSA) is 127 Å². The van der Waals surface area contributed by atoms with E-state index in [-0.39, 0.29) is 0 Å². The number of hydrogen-bond donors (Lipinski definition) is 4. The molecule has 0 radical (unpaired) electrons. The Kier molecular flexibility index (Phi) is 5.15. The van der Waals surface area contributed by atoms with Crippen LogP contribution in [0.1, 0.15) is 19.3 Å². The van der Waals surface area contributed by atoms with Gasteiger partial charge in [0.05, 0.1) is 0 Å². The molecule has 0 spiro atoms. The van der Waals surface area contributed by atoms with Crippen LogP contribution in [-0.2, 0) is 4.79 Å². The molecule has 1 atom stereocenters. The molecule has 1 aromatic heterocycles. The van der Waals surface area contributed by atoms with Gasteiger partial charge in [-0.05, 0) is 25.3 Å². The highest BCUT2D eigenvalue weighted by molar-refractivity contribution is 5.72. The quantitative estimate of drug-likeness (QED) is 0.495. The molecule has 7 heteroatoms. The zero-order chi connectivity index (χ0) is 12.7. The van der Waals surface area contributed by atoms with Crippen LogP contribution in [0.5, 0.6) is 0 Å². The molecular weight excluding hydrogens is 222 g/mol. The fraction of sp³-hybridized carbons (Fsp3) is 0.500. The molecule has 6 N–H and O–H groups in total. The van der Waals surface area contributed by atoms with Crippen molar-refractivity contribution < 1.29 is 9.90 Å². The van der Waals surface area contributed by atoms with Crippen molar-refractivity contribution in [3.8, 4) is 0 Å². The van der Waals surface area contributed by atoms with Crippen LogP contribution < -0.4 is 16.8 Å². The molecule has 94 valence electrons. The lowest BCUT2D eigenvalue weighted by Gasteiger charge is -2.07. The zero-order valence-corrected chi connectivity index (χ0v) is 9.47. The van der Waals surface area contributed by atoms with E-state index >= 15 is 0 Å². The van der Waals surface area contributed by atoms with Crippen LogP contribution in [0.15, 0.2) is 12.3 Å². The average Bonchev–Trinajstić information content (AvgIpc) is 2.28. The summed E-state index contributed by atoms with van der Waals surface area (Å²) < 4.78 is 0. The average molecular weight is 239 g/mol. The second-order valence-corrected chi connectivity index (χ2v) is 3.67. The molecular formula is C10H17N5O2. The van der Waals surface area contributed by atoms with Crippen LogP contribution in [0, 0.1) is 0 Å². The lowest BCUT2D eigenvalue weighted by atomic mass is 10.1. The summed E-state index contributed by atoms with van der Waals surface area (Å²) in [5, 5.41) is 11.6. The summed E-state index contributed by atoms with van der Waals surface area (Å²) in [5.41, 5.74) is 10.9. The van der Waals surface area contributed by atoms with Crippen LogP contribution in [0.4, 0.5) is 11.8 Å². The first-order valence-corrected chi connectivity index (χ1v) is 5.40. The van der Waals surface area contributed by atoms with E-state index in [1.165, 1.54) is 0 Å². The number of nitrogens with zero attached hydrogens (tertiary/aromatic N) is 2. The standard InChI is InChI=1S/C10H17N5O2/c11-7(9(16)17)3-1-2-5-13-10-14-6-4-8(12)15-10/h4,6-7H,1-3,5,11H2,(H,16,17)(H3,12,13,14,15)/t7-/m0/s1. The molecule has 17 heavy (non-hydrogen) atoms. The first kappa shape index (κ1) is 13.2. The third-order valence-corrected chi connectivity index (χ3v) is 2.22. The molecule has 1 aromatic rings. The Balaban J connectivity index is 2.14. The van der Waals surface area contributed by atoms with Crippen molar-refractivity contribution in [1.82, 2.24) is 9.97 Å². The van der Waals surface area contributed by atoms with E-state index in [4.69, 9.17) is 16.6 Å². The minimum atomic E-state index is -0.961. The molecule has 0 aromatic carbocycles. The van der Waals surface area contributed by atoms with Crippen molar-refractivity contribution in [3.63, 3.8) is 0 Å². The van der Waals surface area contributed by atoms with Crippen LogP contribution in [0.25, 0.3) is 0 Å². The van der Waals surface area contributed by atoms with E-state index in [1.807, 2.05) is 0 Å². The normalized spacial score (nSPS) is 12.1. The highest BCUT2D eigenvalue weighted by Crippen LogP contribution is 2.03. The van der Waals surface area contributed by atoms with E-state index in [0.29, 0.717) is 24.7 Å². The van der Waals surface area contributed by atoms with Crippen LogP contribution in [0.3, 0.4) is 0 Å². The van der Waals surface area contributed by atoms with Crippen LogP contribution in [0.2, 0.25) is 0 Å². The number of nitrogens with one attached hydrogen (secondary N) is 1. The summed E-state index contributed by atoms with van der Waals surface area (Å²) in [6.45, 7) is 0.662. The number of nitrogen functional groups attached to an aromatic ring is 1. The largest absolute Gasteiger partial charge is 0.480 e. The van der Waals surface area contributed by atoms with Crippen LogP contribution >= 0.6 is 0 Å². The predicted molar refractivity (Wildman–Crippen MR) is 64.4 cm³/mol.